The number of hydrogen-bond donors (Lipinski definition) is 0. The summed E-state index contributed by atoms with van der Waals surface area (Å²) in [5.74, 6) is -0.571. The molecule has 0 N–H and O–H groups in total. The van der Waals surface area contributed by atoms with Crippen LogP contribution >= 0.6 is 11.8 Å². The highest BCUT2D eigenvalue weighted by Gasteiger charge is 2.43. The molecule has 0 bridgehead atoms. The zero-order valence-electron chi connectivity index (χ0n) is 27.6. The number of rotatable bonds is 19. The largest absolute Gasteiger partial charge is 0.494 e. The number of imide groups is 1. The van der Waals surface area contributed by atoms with Gasteiger partial charge in [-0.1, -0.05) is 76.1 Å². The van der Waals surface area contributed by atoms with Crippen molar-refractivity contribution < 1.29 is 33.4 Å². The number of hydrogen-bond acceptors (Lipinski definition) is 8. The van der Waals surface area contributed by atoms with Gasteiger partial charge in [0.2, 0.25) is 0 Å². The quantitative estimate of drug-likeness (QED) is 0.0548. The van der Waals surface area contributed by atoms with Crippen LogP contribution in [0.25, 0.3) is 11.1 Å². The molecule has 9 heteroatoms. The number of esters is 2. The molecule has 250 valence electrons. The zero-order chi connectivity index (χ0) is 33.6. The third-order valence-electron chi connectivity index (χ3n) is 8.28. The fraction of sp³-hybridized carbons (Fsp3) is 0.421. The van der Waals surface area contributed by atoms with Crippen LogP contribution in [-0.4, -0.2) is 60.4 Å². The van der Waals surface area contributed by atoms with E-state index in [-0.39, 0.29) is 16.7 Å². The van der Waals surface area contributed by atoms with E-state index in [1.807, 2.05) is 42.7 Å². The first kappa shape index (κ1) is 35.7. The number of carbonyl (C=O) groups excluding carboxylic acids is 4. The summed E-state index contributed by atoms with van der Waals surface area (Å²) < 4.78 is 16.4. The topological polar surface area (TPSA) is 99.2 Å². The standard InChI is InChI=1S/C38H45NO7S/c1-4-5-6-7-8-9-10-11-24-45-30-19-14-27(15-20-30)28-16-21-31(22-17-28)46-37(42)29-18-23-32-33(26-29)36(41)39(35(32)40)34(38(43)44-2)13-12-25-47-3/h14-23,26,34H,4-13,24-25H2,1-3H3. The number of nitrogens with zero attached hydrogens (tertiary/aromatic N) is 1. The maximum absolute atomic E-state index is 13.3. The van der Waals surface area contributed by atoms with Gasteiger partial charge in [-0.25, -0.2) is 9.59 Å². The lowest BCUT2D eigenvalue weighted by Crippen LogP contribution is -2.45. The van der Waals surface area contributed by atoms with E-state index >= 15 is 0 Å². The molecule has 0 fully saturated rings. The Morgan fingerprint density at radius 1 is 0.745 bits per heavy atom. The van der Waals surface area contributed by atoms with E-state index in [1.54, 1.807) is 23.9 Å². The third-order valence-corrected chi connectivity index (χ3v) is 8.98. The smallest absolute Gasteiger partial charge is 0.343 e. The third kappa shape index (κ3) is 9.70. The molecule has 1 aliphatic rings. The van der Waals surface area contributed by atoms with Crippen molar-refractivity contribution in [3.63, 3.8) is 0 Å². The van der Waals surface area contributed by atoms with Gasteiger partial charge in [-0.15, -0.1) is 0 Å². The molecule has 2 amide bonds. The Morgan fingerprint density at radius 2 is 1.34 bits per heavy atom. The molecule has 1 unspecified atom stereocenters. The van der Waals surface area contributed by atoms with Gasteiger partial charge in [0.15, 0.2) is 0 Å². The highest BCUT2D eigenvalue weighted by atomic mass is 32.2. The van der Waals surface area contributed by atoms with Crippen LogP contribution in [0.3, 0.4) is 0 Å². The highest BCUT2D eigenvalue weighted by molar-refractivity contribution is 7.98. The number of methoxy groups -OCH3 is 1. The normalized spacial score (nSPS) is 13.0. The summed E-state index contributed by atoms with van der Waals surface area (Å²) >= 11 is 1.61. The second-order valence-electron chi connectivity index (χ2n) is 11.7. The van der Waals surface area contributed by atoms with Gasteiger partial charge >= 0.3 is 11.9 Å². The van der Waals surface area contributed by atoms with Gasteiger partial charge in [0, 0.05) is 0 Å². The molecule has 0 radical (unpaired) electrons. The first-order valence-electron chi connectivity index (χ1n) is 16.5. The van der Waals surface area contributed by atoms with Crippen LogP contribution in [0, 0.1) is 0 Å². The van der Waals surface area contributed by atoms with Crippen molar-refractivity contribution in [2.24, 2.45) is 0 Å². The molecule has 1 aliphatic heterocycles. The average molecular weight is 660 g/mol. The summed E-state index contributed by atoms with van der Waals surface area (Å²) in [6.07, 6.45) is 13.0. The Morgan fingerprint density at radius 3 is 1.96 bits per heavy atom. The first-order valence-corrected chi connectivity index (χ1v) is 17.9. The molecule has 0 aliphatic carbocycles. The van der Waals surface area contributed by atoms with Crippen molar-refractivity contribution in [2.75, 3.05) is 25.7 Å². The lowest BCUT2D eigenvalue weighted by Gasteiger charge is -2.23. The summed E-state index contributed by atoms with van der Waals surface area (Å²) in [5.41, 5.74) is 2.28. The Hall–Kier alpha value is -4.11. The van der Waals surface area contributed by atoms with E-state index in [1.165, 1.54) is 70.3 Å². The number of unbranched alkanes of at least 4 members (excludes halogenated alkanes) is 7. The van der Waals surface area contributed by atoms with E-state index < -0.39 is 29.8 Å². The fourth-order valence-electron chi connectivity index (χ4n) is 5.63. The number of benzene rings is 3. The first-order chi connectivity index (χ1) is 22.9. The molecule has 0 aromatic heterocycles. The molecule has 3 aromatic rings. The lowest BCUT2D eigenvalue weighted by atomic mass is 10.1. The van der Waals surface area contributed by atoms with Crippen LogP contribution in [0.4, 0.5) is 0 Å². The number of carbonyl (C=O) groups is 4. The van der Waals surface area contributed by atoms with Crippen LogP contribution < -0.4 is 9.47 Å². The maximum Gasteiger partial charge on any atom is 0.343 e. The van der Waals surface area contributed by atoms with Gasteiger partial charge in [0.05, 0.1) is 30.4 Å². The van der Waals surface area contributed by atoms with Crippen LogP contribution in [0.1, 0.15) is 102 Å². The molecular formula is C38H45NO7S. The SMILES string of the molecule is CCCCCCCCCCOc1ccc(-c2ccc(OC(=O)c3ccc4c(c3)C(=O)N(C(CCCSC)C(=O)OC)C4=O)cc2)cc1. The van der Waals surface area contributed by atoms with Crippen molar-refractivity contribution in [1.82, 2.24) is 4.90 Å². The highest BCUT2D eigenvalue weighted by Crippen LogP contribution is 2.29. The number of amides is 2. The van der Waals surface area contributed by atoms with Crippen LogP contribution in [0.5, 0.6) is 11.5 Å². The molecule has 0 saturated carbocycles. The minimum atomic E-state index is -1.03. The molecule has 0 spiro atoms. The Kier molecular flexibility index (Phi) is 13.9. The average Bonchev–Trinajstić information content (AvgIpc) is 3.34. The van der Waals surface area contributed by atoms with Gasteiger partial charge in [0.25, 0.3) is 11.8 Å². The van der Waals surface area contributed by atoms with Gasteiger partial charge < -0.3 is 14.2 Å². The molecule has 1 heterocycles. The summed E-state index contributed by atoms with van der Waals surface area (Å²) in [6.45, 7) is 2.96. The maximum atomic E-state index is 13.3. The summed E-state index contributed by atoms with van der Waals surface area (Å²) in [5, 5.41) is 0. The van der Waals surface area contributed by atoms with Gasteiger partial charge in [0.1, 0.15) is 17.5 Å². The van der Waals surface area contributed by atoms with Crippen molar-refractivity contribution in [3.8, 4) is 22.6 Å². The molecule has 8 nitrogen and oxygen atoms in total. The lowest BCUT2D eigenvalue weighted by molar-refractivity contribution is -0.145. The van der Waals surface area contributed by atoms with Gasteiger partial charge in [-0.2, -0.15) is 11.8 Å². The molecule has 0 saturated heterocycles. The van der Waals surface area contributed by atoms with Crippen molar-refractivity contribution in [1.29, 1.82) is 0 Å². The van der Waals surface area contributed by atoms with Crippen LogP contribution in [0.15, 0.2) is 66.7 Å². The number of ether oxygens (including phenoxy) is 3. The predicted octanol–water partition coefficient (Wildman–Crippen LogP) is 8.37. The van der Waals surface area contributed by atoms with E-state index in [2.05, 4.69) is 6.92 Å². The fourth-order valence-corrected chi connectivity index (χ4v) is 6.09. The van der Waals surface area contributed by atoms with Gasteiger partial charge in [-0.05, 0) is 84.9 Å². The summed E-state index contributed by atoms with van der Waals surface area (Å²) in [4.78, 5) is 52.9. The summed E-state index contributed by atoms with van der Waals surface area (Å²) in [7, 11) is 1.23. The Labute approximate surface area is 282 Å². The van der Waals surface area contributed by atoms with Crippen molar-refractivity contribution >= 4 is 35.5 Å². The minimum absolute atomic E-state index is 0.0591. The van der Waals surface area contributed by atoms with Gasteiger partial charge in [-0.3, -0.25) is 14.5 Å². The Bertz CT molecular complexity index is 1500. The minimum Gasteiger partial charge on any atom is -0.494 e. The predicted molar refractivity (Wildman–Crippen MR) is 185 cm³/mol. The molecule has 3 aromatic carbocycles. The number of thioether (sulfide) groups is 1. The monoisotopic (exact) mass is 659 g/mol. The molecular weight excluding hydrogens is 614 g/mol. The molecule has 4 rings (SSSR count). The second kappa shape index (κ2) is 18.3. The number of fused-ring (bicyclic) bond motifs is 1. The van der Waals surface area contributed by atoms with E-state index in [0.29, 0.717) is 25.2 Å². The Balaban J connectivity index is 1.30. The molecule has 1 atom stereocenters. The zero-order valence-corrected chi connectivity index (χ0v) is 28.4. The van der Waals surface area contributed by atoms with E-state index in [9.17, 15) is 19.2 Å². The van der Waals surface area contributed by atoms with Crippen molar-refractivity contribution in [2.45, 2.75) is 77.2 Å². The second-order valence-corrected chi connectivity index (χ2v) is 12.7. The van der Waals surface area contributed by atoms with Crippen LogP contribution in [-0.2, 0) is 9.53 Å². The van der Waals surface area contributed by atoms with E-state index in [0.717, 1.165) is 33.9 Å². The summed E-state index contributed by atoms with van der Waals surface area (Å²) in [6, 6.07) is 18.3. The van der Waals surface area contributed by atoms with Crippen LogP contribution in [0.2, 0.25) is 0 Å². The molecule has 47 heavy (non-hydrogen) atoms. The van der Waals surface area contributed by atoms with E-state index in [4.69, 9.17) is 14.2 Å². The van der Waals surface area contributed by atoms with Crippen molar-refractivity contribution in [3.05, 3.63) is 83.4 Å².